The van der Waals surface area contributed by atoms with Crippen molar-refractivity contribution < 1.29 is 9.90 Å². The van der Waals surface area contributed by atoms with Crippen LogP contribution >= 0.6 is 11.3 Å². The Hall–Kier alpha value is -3.30. The summed E-state index contributed by atoms with van der Waals surface area (Å²) in [4.78, 5) is 27.3. The lowest BCUT2D eigenvalue weighted by molar-refractivity contribution is 0.102. The third kappa shape index (κ3) is 4.21. The first kappa shape index (κ1) is 21.5. The number of anilines is 2. The Kier molecular flexibility index (Phi) is 5.82. The van der Waals surface area contributed by atoms with E-state index in [4.69, 9.17) is 10.7 Å². The minimum absolute atomic E-state index is 0.198. The molecule has 1 aliphatic rings. The van der Waals surface area contributed by atoms with Gasteiger partial charge in [-0.15, -0.1) is 11.3 Å². The number of thiazole rings is 1. The Balaban J connectivity index is 1.44. The first-order chi connectivity index (χ1) is 16.0. The van der Waals surface area contributed by atoms with E-state index < -0.39 is 0 Å². The van der Waals surface area contributed by atoms with Gasteiger partial charge in [0.1, 0.15) is 22.9 Å². The number of nitrogens with zero attached hydrogens (tertiary/aromatic N) is 4. The molecule has 5 rings (SSSR count). The van der Waals surface area contributed by atoms with Crippen LogP contribution < -0.4 is 11.1 Å². The van der Waals surface area contributed by atoms with Gasteiger partial charge in [-0.05, 0) is 44.2 Å². The molecule has 4 aromatic rings. The molecule has 3 heterocycles. The van der Waals surface area contributed by atoms with E-state index in [1.807, 2.05) is 22.7 Å². The first-order valence-corrected chi connectivity index (χ1v) is 12.0. The van der Waals surface area contributed by atoms with Crippen molar-refractivity contribution in [3.05, 3.63) is 59.1 Å². The van der Waals surface area contributed by atoms with Crippen molar-refractivity contribution in [2.75, 3.05) is 11.1 Å². The number of hydrogen-bond donors (Lipinski definition) is 3. The molecule has 0 saturated heterocycles. The van der Waals surface area contributed by atoms with E-state index >= 15 is 0 Å². The highest BCUT2D eigenvalue weighted by atomic mass is 32.1. The van der Waals surface area contributed by atoms with Crippen molar-refractivity contribution >= 4 is 33.7 Å². The third-order valence-corrected chi connectivity index (χ3v) is 7.27. The fraction of sp³-hybridized carbons (Fsp3) is 0.333. The van der Waals surface area contributed by atoms with Crippen LogP contribution in [-0.4, -0.2) is 36.5 Å². The molecule has 0 spiro atoms. The number of carbonyl (C=O) groups is 1. The molecule has 1 aromatic carbocycles. The van der Waals surface area contributed by atoms with Crippen LogP contribution in [0.15, 0.2) is 42.9 Å². The maximum Gasteiger partial charge on any atom is 0.257 e. The van der Waals surface area contributed by atoms with E-state index in [-0.39, 0.29) is 17.9 Å². The summed E-state index contributed by atoms with van der Waals surface area (Å²) in [6, 6.07) is 7.34. The number of aliphatic hydroxyl groups is 1. The second kappa shape index (κ2) is 8.92. The molecule has 0 atom stereocenters. The van der Waals surface area contributed by atoms with Gasteiger partial charge in [-0.2, -0.15) is 0 Å². The molecule has 0 unspecified atom stereocenters. The summed E-state index contributed by atoms with van der Waals surface area (Å²) in [6.07, 6.45) is 9.35. The summed E-state index contributed by atoms with van der Waals surface area (Å²) in [5.41, 5.74) is 9.19. The summed E-state index contributed by atoms with van der Waals surface area (Å²) in [6.45, 7) is 2.06. The summed E-state index contributed by atoms with van der Waals surface area (Å²) >= 11 is 1.48. The number of hydrogen-bond acceptors (Lipinski definition) is 7. The number of imidazole rings is 1. The van der Waals surface area contributed by atoms with Gasteiger partial charge in [0.05, 0.1) is 6.10 Å². The van der Waals surface area contributed by atoms with Crippen LogP contribution in [0.2, 0.25) is 0 Å². The molecule has 0 aliphatic heterocycles. The summed E-state index contributed by atoms with van der Waals surface area (Å²) < 4.78 is 2.02. The Morgan fingerprint density at radius 3 is 2.67 bits per heavy atom. The molecule has 1 aliphatic carbocycles. The van der Waals surface area contributed by atoms with Crippen LogP contribution in [0.4, 0.5) is 10.9 Å². The Morgan fingerprint density at radius 1 is 1.21 bits per heavy atom. The van der Waals surface area contributed by atoms with Gasteiger partial charge in [0.25, 0.3) is 5.91 Å². The van der Waals surface area contributed by atoms with Crippen molar-refractivity contribution in [3.8, 4) is 11.3 Å². The number of amides is 1. The first-order valence-electron chi connectivity index (χ1n) is 11.2. The topological polar surface area (TPSA) is 118 Å². The molecule has 4 N–H and O–H groups in total. The minimum atomic E-state index is -0.227. The second-order valence-electron chi connectivity index (χ2n) is 8.37. The molecular formula is C24H26N6O2S. The number of nitrogen functional groups attached to an aromatic ring is 1. The molecule has 8 nitrogen and oxygen atoms in total. The largest absolute Gasteiger partial charge is 0.393 e. The minimum Gasteiger partial charge on any atom is -0.393 e. The second-order valence-corrected chi connectivity index (χ2v) is 9.49. The van der Waals surface area contributed by atoms with Crippen molar-refractivity contribution in [3.63, 3.8) is 0 Å². The van der Waals surface area contributed by atoms with Gasteiger partial charge in [-0.1, -0.05) is 19.1 Å². The molecule has 1 amide bonds. The number of aliphatic hydroxyl groups excluding tert-OH is 1. The zero-order chi connectivity index (χ0) is 22.9. The van der Waals surface area contributed by atoms with E-state index in [1.54, 1.807) is 24.5 Å². The zero-order valence-corrected chi connectivity index (χ0v) is 19.2. The van der Waals surface area contributed by atoms with Gasteiger partial charge in [0.15, 0.2) is 5.13 Å². The molecule has 9 heteroatoms. The average Bonchev–Trinajstić information content (AvgIpc) is 3.45. The number of nitrogens with two attached hydrogens (primary N) is 1. The number of aromatic nitrogens is 4. The smallest absolute Gasteiger partial charge is 0.257 e. The maximum absolute atomic E-state index is 12.6. The number of fused-ring (bicyclic) bond motifs is 1. The van der Waals surface area contributed by atoms with E-state index in [0.29, 0.717) is 16.5 Å². The monoisotopic (exact) mass is 462 g/mol. The summed E-state index contributed by atoms with van der Waals surface area (Å²) in [7, 11) is 0. The Bertz CT molecular complexity index is 1290. The van der Waals surface area contributed by atoms with Crippen molar-refractivity contribution in [2.24, 2.45) is 0 Å². The molecular weight excluding hydrogens is 436 g/mol. The van der Waals surface area contributed by atoms with Crippen LogP contribution in [-0.2, 0) is 6.42 Å². The third-order valence-electron chi connectivity index (χ3n) is 6.22. The fourth-order valence-electron chi connectivity index (χ4n) is 4.39. The number of carbonyl (C=O) groups excluding carboxylic acids is 1. The van der Waals surface area contributed by atoms with Crippen LogP contribution in [0.3, 0.4) is 0 Å². The summed E-state index contributed by atoms with van der Waals surface area (Å²) in [5, 5.41) is 13.4. The molecule has 1 saturated carbocycles. The van der Waals surface area contributed by atoms with Gasteiger partial charge < -0.3 is 10.8 Å². The number of benzene rings is 1. The maximum atomic E-state index is 12.6. The Labute approximate surface area is 195 Å². The average molecular weight is 463 g/mol. The van der Waals surface area contributed by atoms with E-state index in [1.165, 1.54) is 11.3 Å². The number of nitrogens with one attached hydrogen (secondary N) is 1. The standard InChI is InChI=1S/C24H26N6O2S/c1-2-18-13-27-24(33-18)29-23(32)16-5-3-14(4-6-16)19-20-21(25)26-11-12-30(20)22(28-19)15-7-9-17(31)10-8-15/h3-6,11-13,15,17,31H,2,7-10H2,1H3,(H2,25,26)(H,27,29,32)/t15-,17-. The number of rotatable bonds is 5. The summed E-state index contributed by atoms with van der Waals surface area (Å²) in [5.74, 6) is 1.42. The highest BCUT2D eigenvalue weighted by molar-refractivity contribution is 7.15. The van der Waals surface area contributed by atoms with Gasteiger partial charge in [0.2, 0.25) is 0 Å². The number of aryl methyl sites for hydroxylation is 1. The highest BCUT2D eigenvalue weighted by Crippen LogP contribution is 2.36. The van der Waals surface area contributed by atoms with Crippen LogP contribution in [0.25, 0.3) is 16.8 Å². The van der Waals surface area contributed by atoms with Crippen molar-refractivity contribution in [1.29, 1.82) is 0 Å². The SMILES string of the molecule is CCc1cnc(NC(=O)c2ccc(-c3nc([C@H]4CC[C@H](O)CC4)n4ccnc(N)c34)cc2)s1. The molecule has 170 valence electrons. The fourth-order valence-corrected chi connectivity index (χ4v) is 5.14. The highest BCUT2D eigenvalue weighted by Gasteiger charge is 2.26. The van der Waals surface area contributed by atoms with Crippen LogP contribution in [0.1, 0.15) is 59.6 Å². The lowest BCUT2D eigenvalue weighted by Crippen LogP contribution is -2.18. The zero-order valence-electron chi connectivity index (χ0n) is 18.4. The predicted molar refractivity (Wildman–Crippen MR) is 129 cm³/mol. The lowest BCUT2D eigenvalue weighted by atomic mass is 9.87. The van der Waals surface area contributed by atoms with E-state index in [2.05, 4.69) is 22.2 Å². The molecule has 3 aromatic heterocycles. The van der Waals surface area contributed by atoms with Gasteiger partial charge in [-0.3, -0.25) is 14.5 Å². The van der Waals surface area contributed by atoms with E-state index in [9.17, 15) is 9.90 Å². The molecule has 1 fully saturated rings. The van der Waals surface area contributed by atoms with Gasteiger partial charge in [0, 0.05) is 40.5 Å². The predicted octanol–water partition coefficient (Wildman–Crippen LogP) is 4.27. The quantitative estimate of drug-likeness (QED) is 0.408. The van der Waals surface area contributed by atoms with Crippen LogP contribution in [0, 0.1) is 0 Å². The van der Waals surface area contributed by atoms with Gasteiger partial charge in [-0.25, -0.2) is 15.0 Å². The molecule has 0 radical (unpaired) electrons. The lowest BCUT2D eigenvalue weighted by Gasteiger charge is -2.24. The van der Waals surface area contributed by atoms with Crippen LogP contribution in [0.5, 0.6) is 0 Å². The van der Waals surface area contributed by atoms with Crippen molar-refractivity contribution in [2.45, 2.75) is 51.0 Å². The van der Waals surface area contributed by atoms with Gasteiger partial charge >= 0.3 is 0 Å². The normalized spacial score (nSPS) is 18.5. The molecule has 0 bridgehead atoms. The Morgan fingerprint density at radius 2 is 1.97 bits per heavy atom. The molecule has 33 heavy (non-hydrogen) atoms. The van der Waals surface area contributed by atoms with E-state index in [0.717, 1.165) is 59.6 Å². The van der Waals surface area contributed by atoms with Crippen molar-refractivity contribution in [1.82, 2.24) is 19.4 Å².